The molecular weight excluding hydrogens is 244 g/mol. The van der Waals surface area contributed by atoms with Crippen molar-refractivity contribution >= 4 is 11.9 Å². The van der Waals surface area contributed by atoms with Crippen LogP contribution in [0.1, 0.15) is 32.9 Å². The van der Waals surface area contributed by atoms with E-state index >= 15 is 0 Å². The number of carbonyl (C=O) groups excluding carboxylic acids is 1. The second-order valence-electron chi connectivity index (χ2n) is 4.26. The van der Waals surface area contributed by atoms with Crippen LogP contribution in [0, 0.1) is 6.92 Å². The van der Waals surface area contributed by atoms with Crippen LogP contribution in [0.25, 0.3) is 0 Å². The van der Waals surface area contributed by atoms with Crippen molar-refractivity contribution in [3.63, 3.8) is 0 Å². The average Bonchev–Trinajstić information content (AvgIpc) is 2.35. The zero-order valence-electron chi connectivity index (χ0n) is 12.0. The Morgan fingerprint density at radius 1 is 1.42 bits per heavy atom. The third-order valence-corrected chi connectivity index (χ3v) is 2.41. The van der Waals surface area contributed by atoms with E-state index in [1.54, 1.807) is 13.0 Å². The Morgan fingerprint density at radius 3 is 2.79 bits per heavy atom. The van der Waals surface area contributed by atoms with E-state index in [-0.39, 0.29) is 11.9 Å². The van der Waals surface area contributed by atoms with Gasteiger partial charge in [-0.25, -0.2) is 4.98 Å². The molecule has 1 amide bonds. The van der Waals surface area contributed by atoms with Crippen LogP contribution in [0.3, 0.4) is 0 Å². The second kappa shape index (κ2) is 7.56. The summed E-state index contributed by atoms with van der Waals surface area (Å²) in [6.07, 6.45) is 0.911. The number of anilines is 1. The van der Waals surface area contributed by atoms with E-state index in [9.17, 15) is 4.79 Å². The van der Waals surface area contributed by atoms with Gasteiger partial charge in [0, 0.05) is 18.3 Å². The molecule has 0 aliphatic carbocycles. The van der Waals surface area contributed by atoms with Gasteiger partial charge in [0.25, 0.3) is 0 Å². The first kappa shape index (κ1) is 15.2. The highest BCUT2D eigenvalue weighted by Crippen LogP contribution is 2.12. The summed E-state index contributed by atoms with van der Waals surface area (Å²) in [7, 11) is 0. The molecule has 1 rings (SSSR count). The number of nitrogens with one attached hydrogen (secondary N) is 2. The zero-order valence-corrected chi connectivity index (χ0v) is 12.0. The summed E-state index contributed by atoms with van der Waals surface area (Å²) >= 11 is 0. The maximum atomic E-state index is 11.7. The van der Waals surface area contributed by atoms with E-state index in [0.29, 0.717) is 25.0 Å². The second-order valence-corrected chi connectivity index (χ2v) is 4.26. The molecule has 0 aromatic carbocycles. The molecule has 0 saturated heterocycles. The number of ether oxygens (including phenoxy) is 1. The van der Waals surface area contributed by atoms with Crippen LogP contribution >= 0.6 is 0 Å². The summed E-state index contributed by atoms with van der Waals surface area (Å²) in [5.74, 6) is 0.853. The maximum absolute atomic E-state index is 11.7. The lowest BCUT2D eigenvalue weighted by molar-refractivity contribution is -0.121. The number of aromatic nitrogens is 2. The summed E-state index contributed by atoms with van der Waals surface area (Å²) in [6, 6.07) is 1.37. The number of hydrogen-bond donors (Lipinski definition) is 2. The Balaban J connectivity index is 2.67. The van der Waals surface area contributed by atoms with Crippen LogP contribution in [0.15, 0.2) is 6.07 Å². The molecule has 1 aromatic heterocycles. The molecule has 1 heterocycles. The number of aryl methyl sites for hydroxylation is 1. The molecule has 0 spiro atoms. The van der Waals surface area contributed by atoms with Crippen LogP contribution in [-0.2, 0) is 4.79 Å². The van der Waals surface area contributed by atoms with Crippen LogP contribution in [-0.4, -0.2) is 35.1 Å². The minimum atomic E-state index is -0.386. The van der Waals surface area contributed by atoms with E-state index in [0.717, 1.165) is 12.1 Å². The largest absolute Gasteiger partial charge is 0.478 e. The van der Waals surface area contributed by atoms with Crippen molar-refractivity contribution < 1.29 is 9.53 Å². The van der Waals surface area contributed by atoms with Crippen molar-refractivity contribution in [3.05, 3.63) is 11.8 Å². The third kappa shape index (κ3) is 5.11. The Hall–Kier alpha value is -1.85. The zero-order chi connectivity index (χ0) is 14.3. The molecular formula is C13H22N4O2. The van der Waals surface area contributed by atoms with Gasteiger partial charge in [0.15, 0.2) is 0 Å². The van der Waals surface area contributed by atoms with Gasteiger partial charge in [-0.2, -0.15) is 4.98 Å². The molecule has 106 valence electrons. The molecule has 1 unspecified atom stereocenters. The fourth-order valence-electron chi connectivity index (χ4n) is 1.49. The number of rotatable bonds is 7. The monoisotopic (exact) mass is 266 g/mol. The van der Waals surface area contributed by atoms with Gasteiger partial charge in [0.2, 0.25) is 17.7 Å². The number of amides is 1. The summed E-state index contributed by atoms with van der Waals surface area (Å²) in [4.78, 5) is 20.2. The lowest BCUT2D eigenvalue weighted by Crippen LogP contribution is -2.38. The first-order valence-corrected chi connectivity index (χ1v) is 6.59. The van der Waals surface area contributed by atoms with Crippen LogP contribution in [0.4, 0.5) is 5.95 Å². The smallest absolute Gasteiger partial charge is 0.242 e. The first-order valence-electron chi connectivity index (χ1n) is 6.59. The van der Waals surface area contributed by atoms with Gasteiger partial charge in [-0.05, 0) is 27.2 Å². The molecule has 1 atom stereocenters. The molecule has 0 saturated carbocycles. The Morgan fingerprint density at radius 2 is 2.16 bits per heavy atom. The normalized spacial score (nSPS) is 11.8. The van der Waals surface area contributed by atoms with Gasteiger partial charge >= 0.3 is 0 Å². The first-order chi connectivity index (χ1) is 9.06. The Kier molecular flexibility index (Phi) is 6.05. The van der Waals surface area contributed by atoms with Gasteiger partial charge in [-0.3, -0.25) is 4.79 Å². The molecule has 0 aliphatic heterocycles. The lowest BCUT2D eigenvalue weighted by atomic mass is 10.3. The van der Waals surface area contributed by atoms with Gasteiger partial charge in [-0.1, -0.05) is 6.92 Å². The van der Waals surface area contributed by atoms with Crippen LogP contribution in [0.2, 0.25) is 0 Å². The molecule has 6 heteroatoms. The summed E-state index contributed by atoms with van der Waals surface area (Å²) < 4.78 is 5.34. The SMILES string of the molecule is CCCNC(=O)C(C)Nc1nc(C)cc(OCC)n1. The number of carbonyl (C=O) groups is 1. The van der Waals surface area contributed by atoms with E-state index in [1.807, 2.05) is 20.8 Å². The van der Waals surface area contributed by atoms with E-state index in [1.165, 1.54) is 0 Å². The fourth-order valence-corrected chi connectivity index (χ4v) is 1.49. The number of nitrogens with zero attached hydrogens (tertiary/aromatic N) is 2. The molecule has 0 fully saturated rings. The predicted molar refractivity (Wildman–Crippen MR) is 74.3 cm³/mol. The highest BCUT2D eigenvalue weighted by atomic mass is 16.5. The highest BCUT2D eigenvalue weighted by molar-refractivity contribution is 5.83. The quantitative estimate of drug-likeness (QED) is 0.782. The fraction of sp³-hybridized carbons (Fsp3) is 0.615. The van der Waals surface area contributed by atoms with Crippen molar-refractivity contribution in [2.24, 2.45) is 0 Å². The minimum Gasteiger partial charge on any atom is -0.478 e. The Labute approximate surface area is 114 Å². The average molecular weight is 266 g/mol. The van der Waals surface area contributed by atoms with Crippen molar-refractivity contribution in [1.82, 2.24) is 15.3 Å². The Bertz CT molecular complexity index is 423. The molecule has 0 radical (unpaired) electrons. The van der Waals surface area contributed by atoms with E-state index < -0.39 is 0 Å². The number of hydrogen-bond acceptors (Lipinski definition) is 5. The van der Waals surface area contributed by atoms with Crippen LogP contribution < -0.4 is 15.4 Å². The van der Waals surface area contributed by atoms with Gasteiger partial charge in [-0.15, -0.1) is 0 Å². The minimum absolute atomic E-state index is 0.0649. The molecule has 2 N–H and O–H groups in total. The summed E-state index contributed by atoms with van der Waals surface area (Å²) in [6.45, 7) is 8.75. The molecule has 1 aromatic rings. The topological polar surface area (TPSA) is 76.1 Å². The van der Waals surface area contributed by atoms with Crippen molar-refractivity contribution in [2.75, 3.05) is 18.5 Å². The van der Waals surface area contributed by atoms with Crippen LogP contribution in [0.5, 0.6) is 5.88 Å². The van der Waals surface area contributed by atoms with Crippen molar-refractivity contribution in [2.45, 2.75) is 40.2 Å². The predicted octanol–water partition coefficient (Wildman–Crippen LogP) is 1.51. The van der Waals surface area contributed by atoms with Crippen molar-refractivity contribution in [1.29, 1.82) is 0 Å². The lowest BCUT2D eigenvalue weighted by Gasteiger charge is -2.14. The van der Waals surface area contributed by atoms with Crippen molar-refractivity contribution in [3.8, 4) is 5.88 Å². The van der Waals surface area contributed by atoms with E-state index in [4.69, 9.17) is 4.74 Å². The van der Waals surface area contributed by atoms with E-state index in [2.05, 4.69) is 20.6 Å². The molecule has 6 nitrogen and oxygen atoms in total. The standard InChI is InChI=1S/C13H22N4O2/c1-5-7-14-12(18)10(4)16-13-15-9(3)8-11(17-13)19-6-2/h8,10H,5-7H2,1-4H3,(H,14,18)(H,15,16,17). The van der Waals surface area contributed by atoms with Gasteiger partial charge < -0.3 is 15.4 Å². The highest BCUT2D eigenvalue weighted by Gasteiger charge is 2.13. The molecule has 19 heavy (non-hydrogen) atoms. The summed E-state index contributed by atoms with van der Waals surface area (Å²) in [5.41, 5.74) is 0.794. The maximum Gasteiger partial charge on any atom is 0.242 e. The van der Waals surface area contributed by atoms with Gasteiger partial charge in [0.05, 0.1) is 6.61 Å². The molecule has 0 aliphatic rings. The molecule has 0 bridgehead atoms. The summed E-state index contributed by atoms with van der Waals surface area (Å²) in [5, 5.41) is 5.79. The van der Waals surface area contributed by atoms with Gasteiger partial charge in [0.1, 0.15) is 6.04 Å². The third-order valence-electron chi connectivity index (χ3n) is 2.41.